The van der Waals surface area contributed by atoms with Gasteiger partial charge in [-0.3, -0.25) is 0 Å². The number of hydrogen-bond acceptors (Lipinski definition) is 1. The van der Waals surface area contributed by atoms with E-state index < -0.39 is 0 Å². The molecule has 1 aliphatic carbocycles. The lowest BCUT2D eigenvalue weighted by Crippen LogP contribution is -2.01. The van der Waals surface area contributed by atoms with Crippen LogP contribution in [0.25, 0.3) is 0 Å². The van der Waals surface area contributed by atoms with Crippen LogP contribution in [-0.4, -0.2) is 5.11 Å². The van der Waals surface area contributed by atoms with E-state index in [1.54, 1.807) is 0 Å². The highest BCUT2D eigenvalue weighted by molar-refractivity contribution is 5.35. The van der Waals surface area contributed by atoms with Crippen molar-refractivity contribution >= 4 is 0 Å². The van der Waals surface area contributed by atoms with E-state index >= 15 is 0 Å². The Balaban J connectivity index is 2.45. The molecule has 0 bridgehead atoms. The summed E-state index contributed by atoms with van der Waals surface area (Å²) in [5.74, 6) is 0. The van der Waals surface area contributed by atoms with Crippen molar-refractivity contribution < 1.29 is 5.11 Å². The van der Waals surface area contributed by atoms with Gasteiger partial charge >= 0.3 is 0 Å². The minimum absolute atomic E-state index is 0.376. The van der Waals surface area contributed by atoms with E-state index in [9.17, 15) is 5.11 Å². The second-order valence-corrected chi connectivity index (χ2v) is 3.82. The first-order chi connectivity index (χ1) is 6.83. The second kappa shape index (κ2) is 3.97. The summed E-state index contributed by atoms with van der Waals surface area (Å²) in [5.41, 5.74) is 3.56. The third kappa shape index (κ3) is 1.60. The van der Waals surface area contributed by atoms with Crippen molar-refractivity contribution in [2.24, 2.45) is 0 Å². The minimum atomic E-state index is -0.376. The highest BCUT2D eigenvalue weighted by atomic mass is 16.3. The zero-order valence-corrected chi connectivity index (χ0v) is 8.53. The smallest absolute Gasteiger partial charge is 0.100 e. The van der Waals surface area contributed by atoms with Crippen LogP contribution in [0.4, 0.5) is 0 Å². The van der Waals surface area contributed by atoms with E-state index in [1.165, 1.54) is 5.56 Å². The number of benzene rings is 1. The number of allylic oxidation sites excluding steroid dienone is 1. The molecule has 1 aromatic carbocycles. The predicted molar refractivity (Wildman–Crippen MR) is 58.1 cm³/mol. The molecule has 1 aliphatic rings. The van der Waals surface area contributed by atoms with Gasteiger partial charge in [0.25, 0.3) is 0 Å². The first kappa shape index (κ1) is 9.47. The van der Waals surface area contributed by atoms with Gasteiger partial charge in [0, 0.05) is 0 Å². The van der Waals surface area contributed by atoms with Crippen LogP contribution in [0.1, 0.15) is 37.0 Å². The number of hydrogen-bond donors (Lipinski definition) is 1. The van der Waals surface area contributed by atoms with Crippen molar-refractivity contribution in [1.29, 1.82) is 0 Å². The topological polar surface area (TPSA) is 20.2 Å². The zero-order valence-electron chi connectivity index (χ0n) is 8.53. The number of rotatable bonds is 0. The van der Waals surface area contributed by atoms with Crippen molar-refractivity contribution in [1.82, 2.24) is 0 Å². The fraction of sp³-hybridized carbons (Fsp3) is 0.385. The van der Waals surface area contributed by atoms with Crippen LogP contribution in [-0.2, 0) is 6.42 Å². The summed E-state index contributed by atoms with van der Waals surface area (Å²) in [5, 5.41) is 10.1. The molecule has 2 rings (SSSR count). The molecule has 0 aliphatic heterocycles. The number of aryl methyl sites for hydroxylation is 1. The third-order valence-corrected chi connectivity index (χ3v) is 2.98. The molecule has 0 amide bonds. The van der Waals surface area contributed by atoms with Crippen LogP contribution in [0.3, 0.4) is 0 Å². The van der Waals surface area contributed by atoms with Crippen LogP contribution in [0, 0.1) is 0 Å². The summed E-state index contributed by atoms with van der Waals surface area (Å²) in [6, 6.07) is 8.21. The van der Waals surface area contributed by atoms with E-state index in [1.807, 2.05) is 31.2 Å². The highest BCUT2D eigenvalue weighted by Crippen LogP contribution is 2.32. The summed E-state index contributed by atoms with van der Waals surface area (Å²) in [4.78, 5) is 0. The Kier molecular flexibility index (Phi) is 2.69. The summed E-state index contributed by atoms with van der Waals surface area (Å²) in [7, 11) is 0. The molecule has 0 spiro atoms. The van der Waals surface area contributed by atoms with Crippen molar-refractivity contribution in [3.05, 3.63) is 47.0 Å². The summed E-state index contributed by atoms with van der Waals surface area (Å²) < 4.78 is 0. The fourth-order valence-electron chi connectivity index (χ4n) is 2.15. The molecule has 1 heteroatoms. The largest absolute Gasteiger partial charge is 0.384 e. The lowest BCUT2D eigenvalue weighted by molar-refractivity contribution is 0.212. The molecule has 0 saturated carbocycles. The fourth-order valence-corrected chi connectivity index (χ4v) is 2.15. The van der Waals surface area contributed by atoms with E-state index in [0.29, 0.717) is 0 Å². The molecule has 1 nitrogen and oxygen atoms in total. The van der Waals surface area contributed by atoms with E-state index in [0.717, 1.165) is 30.4 Å². The van der Waals surface area contributed by atoms with Crippen LogP contribution in [0.2, 0.25) is 0 Å². The number of aliphatic hydroxyl groups is 1. The second-order valence-electron chi connectivity index (χ2n) is 3.82. The first-order valence-corrected chi connectivity index (χ1v) is 5.24. The molecule has 74 valence electrons. The molecule has 1 atom stereocenters. The molecule has 0 saturated heterocycles. The van der Waals surface area contributed by atoms with E-state index in [2.05, 4.69) is 6.07 Å². The van der Waals surface area contributed by atoms with Gasteiger partial charge in [0.15, 0.2) is 0 Å². The third-order valence-electron chi connectivity index (χ3n) is 2.98. The van der Waals surface area contributed by atoms with Gasteiger partial charge in [0.05, 0.1) is 0 Å². The molecule has 1 unspecified atom stereocenters. The van der Waals surface area contributed by atoms with Gasteiger partial charge in [0.1, 0.15) is 6.10 Å². The van der Waals surface area contributed by atoms with Crippen molar-refractivity contribution in [3.63, 3.8) is 0 Å². The molecule has 0 radical (unpaired) electrons. The quantitative estimate of drug-likeness (QED) is 0.490. The maximum Gasteiger partial charge on any atom is 0.100 e. The monoisotopic (exact) mass is 188 g/mol. The molecule has 0 fully saturated rings. The Morgan fingerprint density at radius 3 is 2.86 bits per heavy atom. The van der Waals surface area contributed by atoms with E-state index in [-0.39, 0.29) is 6.10 Å². The maximum atomic E-state index is 10.1. The Hall–Kier alpha value is -1.08. The van der Waals surface area contributed by atoms with Crippen LogP contribution in [0.15, 0.2) is 35.9 Å². The van der Waals surface area contributed by atoms with Gasteiger partial charge in [0.2, 0.25) is 0 Å². The molecular formula is C13H16O. The van der Waals surface area contributed by atoms with Gasteiger partial charge in [-0.15, -0.1) is 0 Å². The van der Waals surface area contributed by atoms with Gasteiger partial charge in [-0.25, -0.2) is 0 Å². The SMILES string of the molecule is C/C=C1\CCCc2ccccc2C1O. The molecular weight excluding hydrogens is 172 g/mol. The maximum absolute atomic E-state index is 10.1. The highest BCUT2D eigenvalue weighted by Gasteiger charge is 2.18. The normalized spacial score (nSPS) is 24.4. The van der Waals surface area contributed by atoms with Crippen molar-refractivity contribution in [2.75, 3.05) is 0 Å². The minimum Gasteiger partial charge on any atom is -0.384 e. The average molecular weight is 188 g/mol. The Morgan fingerprint density at radius 2 is 2.07 bits per heavy atom. The van der Waals surface area contributed by atoms with Crippen molar-refractivity contribution in [2.45, 2.75) is 32.3 Å². The van der Waals surface area contributed by atoms with Crippen LogP contribution in [0.5, 0.6) is 0 Å². The number of fused-ring (bicyclic) bond motifs is 1. The van der Waals surface area contributed by atoms with Gasteiger partial charge in [-0.05, 0) is 42.9 Å². The van der Waals surface area contributed by atoms with Crippen LogP contribution < -0.4 is 0 Å². The lowest BCUT2D eigenvalue weighted by atomic mass is 9.98. The zero-order chi connectivity index (χ0) is 9.97. The Morgan fingerprint density at radius 1 is 1.29 bits per heavy atom. The molecule has 0 aromatic heterocycles. The van der Waals surface area contributed by atoms with Crippen LogP contribution >= 0.6 is 0 Å². The summed E-state index contributed by atoms with van der Waals surface area (Å²) in [6.07, 6.45) is 4.93. The standard InChI is InChI=1S/C13H16O/c1-2-10-7-5-8-11-6-3-4-9-12(11)13(10)14/h2-4,6,9,13-14H,5,7-8H2,1H3/b10-2+. The van der Waals surface area contributed by atoms with Gasteiger partial charge in [-0.2, -0.15) is 0 Å². The summed E-state index contributed by atoms with van der Waals surface area (Å²) >= 11 is 0. The molecule has 0 heterocycles. The van der Waals surface area contributed by atoms with Gasteiger partial charge < -0.3 is 5.11 Å². The first-order valence-electron chi connectivity index (χ1n) is 5.24. The molecule has 14 heavy (non-hydrogen) atoms. The number of aliphatic hydroxyl groups excluding tert-OH is 1. The average Bonchev–Trinajstić information content (AvgIpc) is 2.39. The summed E-state index contributed by atoms with van der Waals surface area (Å²) in [6.45, 7) is 2.01. The van der Waals surface area contributed by atoms with Crippen molar-refractivity contribution in [3.8, 4) is 0 Å². The Bertz CT molecular complexity index is 352. The molecule has 1 N–H and O–H groups in total. The molecule has 1 aromatic rings. The van der Waals surface area contributed by atoms with Gasteiger partial charge in [-0.1, -0.05) is 30.3 Å². The predicted octanol–water partition coefficient (Wildman–Crippen LogP) is 3.00. The lowest BCUT2D eigenvalue weighted by Gasteiger charge is -2.13. The Labute approximate surface area is 85.1 Å². The van der Waals surface area contributed by atoms with E-state index in [4.69, 9.17) is 0 Å².